The van der Waals surface area contributed by atoms with Gasteiger partial charge in [0, 0.05) is 5.54 Å². The van der Waals surface area contributed by atoms with Crippen molar-refractivity contribution in [1.29, 1.82) is 0 Å². The Labute approximate surface area is 118 Å². The predicted octanol–water partition coefficient (Wildman–Crippen LogP) is 3.52. The summed E-state index contributed by atoms with van der Waals surface area (Å²) in [6, 6.07) is 9.34. The van der Waals surface area contributed by atoms with Crippen LogP contribution in [0.4, 0.5) is 0 Å². The molecule has 0 aromatic heterocycles. The fraction of sp³-hybridized carbons (Fsp3) is 0.647. The summed E-state index contributed by atoms with van der Waals surface area (Å²) in [5, 5.41) is 3.57. The van der Waals surface area contributed by atoms with Gasteiger partial charge < -0.3 is 5.32 Å². The molecule has 1 aliphatic rings. The zero-order valence-electron chi connectivity index (χ0n) is 12.9. The van der Waals surface area contributed by atoms with Crippen molar-refractivity contribution in [3.8, 4) is 0 Å². The number of rotatable bonds is 5. The number of hydrogen-bond acceptors (Lipinski definition) is 2. The van der Waals surface area contributed by atoms with Gasteiger partial charge in [-0.1, -0.05) is 36.8 Å². The summed E-state index contributed by atoms with van der Waals surface area (Å²) in [6.45, 7) is 9.40. The lowest BCUT2D eigenvalue weighted by Crippen LogP contribution is -2.52. The van der Waals surface area contributed by atoms with Gasteiger partial charge >= 0.3 is 0 Å². The van der Waals surface area contributed by atoms with Gasteiger partial charge in [0.1, 0.15) is 0 Å². The molecule has 0 saturated carbocycles. The molecule has 2 unspecified atom stereocenters. The van der Waals surface area contributed by atoms with Crippen LogP contribution in [-0.2, 0) is 0 Å². The van der Waals surface area contributed by atoms with Gasteiger partial charge in [-0.05, 0) is 58.8 Å². The van der Waals surface area contributed by atoms with Crippen LogP contribution < -0.4 is 5.32 Å². The largest absolute Gasteiger partial charge is 0.311 e. The maximum Gasteiger partial charge on any atom is 0.0502 e. The SMILES string of the molecule is CCC(C)(C(NC)c1cccc(C)c1)N1CCCC1. The molecule has 0 amide bonds. The van der Waals surface area contributed by atoms with E-state index in [4.69, 9.17) is 0 Å². The van der Waals surface area contributed by atoms with Gasteiger partial charge in [-0.25, -0.2) is 0 Å². The van der Waals surface area contributed by atoms with Gasteiger partial charge in [-0.2, -0.15) is 0 Å². The second kappa shape index (κ2) is 6.06. The van der Waals surface area contributed by atoms with Crippen molar-refractivity contribution in [1.82, 2.24) is 10.2 Å². The molecule has 2 nitrogen and oxygen atoms in total. The molecule has 2 rings (SSSR count). The van der Waals surface area contributed by atoms with Crippen LogP contribution in [0.1, 0.15) is 50.3 Å². The lowest BCUT2D eigenvalue weighted by molar-refractivity contribution is 0.0873. The Morgan fingerprint density at radius 3 is 2.53 bits per heavy atom. The van der Waals surface area contributed by atoms with Crippen molar-refractivity contribution >= 4 is 0 Å². The van der Waals surface area contributed by atoms with Crippen LogP contribution in [0.3, 0.4) is 0 Å². The highest BCUT2D eigenvalue weighted by Gasteiger charge is 2.39. The Balaban J connectivity index is 2.32. The molecule has 1 saturated heterocycles. The van der Waals surface area contributed by atoms with Crippen LogP contribution >= 0.6 is 0 Å². The second-order valence-corrected chi connectivity index (χ2v) is 6.04. The zero-order valence-corrected chi connectivity index (χ0v) is 12.9. The van der Waals surface area contributed by atoms with Crippen molar-refractivity contribution < 1.29 is 0 Å². The van der Waals surface area contributed by atoms with Crippen molar-refractivity contribution in [3.63, 3.8) is 0 Å². The van der Waals surface area contributed by atoms with Gasteiger partial charge in [-0.15, -0.1) is 0 Å². The summed E-state index contributed by atoms with van der Waals surface area (Å²) >= 11 is 0. The fourth-order valence-electron chi connectivity index (χ4n) is 3.52. The normalized spacial score (nSPS) is 21.3. The summed E-state index contributed by atoms with van der Waals surface area (Å²) in [7, 11) is 2.09. The average Bonchev–Trinajstić information content (AvgIpc) is 2.94. The second-order valence-electron chi connectivity index (χ2n) is 6.04. The lowest BCUT2D eigenvalue weighted by atomic mass is 9.82. The Hall–Kier alpha value is -0.860. The molecule has 0 spiro atoms. The number of nitrogens with zero attached hydrogens (tertiary/aromatic N) is 1. The quantitative estimate of drug-likeness (QED) is 0.871. The van der Waals surface area contributed by atoms with Gasteiger partial charge in [0.15, 0.2) is 0 Å². The van der Waals surface area contributed by atoms with E-state index in [1.165, 1.54) is 43.5 Å². The minimum Gasteiger partial charge on any atom is -0.311 e. The average molecular weight is 260 g/mol. The smallest absolute Gasteiger partial charge is 0.0502 e. The molecule has 2 heteroatoms. The minimum absolute atomic E-state index is 0.207. The van der Waals surface area contributed by atoms with Crippen LogP contribution in [0.2, 0.25) is 0 Å². The van der Waals surface area contributed by atoms with Crippen LogP contribution in [0.15, 0.2) is 24.3 Å². The van der Waals surface area contributed by atoms with E-state index in [0.717, 1.165) is 0 Å². The van der Waals surface area contributed by atoms with E-state index in [1.54, 1.807) is 0 Å². The molecule has 1 N–H and O–H groups in total. The van der Waals surface area contributed by atoms with E-state index in [9.17, 15) is 0 Å². The molecule has 1 fully saturated rings. The van der Waals surface area contributed by atoms with Crippen molar-refractivity contribution in [2.24, 2.45) is 0 Å². The Morgan fingerprint density at radius 1 is 1.32 bits per heavy atom. The summed E-state index contributed by atoms with van der Waals surface area (Å²) in [5.74, 6) is 0. The molecule has 0 radical (unpaired) electrons. The van der Waals surface area contributed by atoms with Crippen molar-refractivity contribution in [3.05, 3.63) is 35.4 Å². The molecule has 1 heterocycles. The maximum absolute atomic E-state index is 3.57. The highest BCUT2D eigenvalue weighted by Crippen LogP contribution is 2.36. The third-order valence-corrected chi connectivity index (χ3v) is 4.83. The first-order valence-corrected chi connectivity index (χ1v) is 7.60. The van der Waals surface area contributed by atoms with E-state index in [0.29, 0.717) is 6.04 Å². The van der Waals surface area contributed by atoms with Crippen LogP contribution in [-0.4, -0.2) is 30.6 Å². The minimum atomic E-state index is 0.207. The molecule has 106 valence electrons. The number of nitrogens with one attached hydrogen (secondary N) is 1. The number of aryl methyl sites for hydroxylation is 1. The van der Waals surface area contributed by atoms with Crippen molar-refractivity contribution in [2.45, 2.75) is 51.6 Å². The Kier molecular flexibility index (Phi) is 4.64. The van der Waals surface area contributed by atoms with Gasteiger partial charge in [-0.3, -0.25) is 4.90 Å². The number of hydrogen-bond donors (Lipinski definition) is 1. The monoisotopic (exact) mass is 260 g/mol. The van der Waals surface area contributed by atoms with E-state index in [-0.39, 0.29) is 5.54 Å². The lowest BCUT2D eigenvalue weighted by Gasteiger charge is -2.44. The van der Waals surface area contributed by atoms with E-state index in [1.807, 2.05) is 0 Å². The van der Waals surface area contributed by atoms with Gasteiger partial charge in [0.25, 0.3) is 0 Å². The molecule has 1 aromatic rings. The summed E-state index contributed by atoms with van der Waals surface area (Å²) in [6.07, 6.45) is 3.87. The highest BCUT2D eigenvalue weighted by molar-refractivity contribution is 5.28. The van der Waals surface area contributed by atoms with Crippen molar-refractivity contribution in [2.75, 3.05) is 20.1 Å². The molecule has 0 aliphatic carbocycles. The number of likely N-dealkylation sites (tertiary alicyclic amines) is 1. The number of benzene rings is 1. The molecular weight excluding hydrogens is 232 g/mol. The van der Waals surface area contributed by atoms with Crippen LogP contribution in [0.25, 0.3) is 0 Å². The topological polar surface area (TPSA) is 15.3 Å². The standard InChI is InChI=1S/C17H28N2/c1-5-17(3,19-11-6-7-12-19)16(18-4)15-10-8-9-14(2)13-15/h8-10,13,16,18H,5-7,11-12H2,1-4H3. The third-order valence-electron chi connectivity index (χ3n) is 4.83. The Morgan fingerprint density at radius 2 is 2.00 bits per heavy atom. The first-order valence-electron chi connectivity index (χ1n) is 7.60. The first-order chi connectivity index (χ1) is 9.11. The predicted molar refractivity (Wildman–Crippen MR) is 82.5 cm³/mol. The summed E-state index contributed by atoms with van der Waals surface area (Å²) < 4.78 is 0. The van der Waals surface area contributed by atoms with E-state index < -0.39 is 0 Å². The van der Waals surface area contributed by atoms with Gasteiger partial charge in [0.2, 0.25) is 0 Å². The molecule has 2 atom stereocenters. The summed E-state index contributed by atoms with van der Waals surface area (Å²) in [5.41, 5.74) is 2.97. The molecule has 1 aliphatic heterocycles. The molecular formula is C17H28N2. The molecule has 1 aromatic carbocycles. The maximum atomic E-state index is 3.57. The fourth-order valence-corrected chi connectivity index (χ4v) is 3.52. The van der Waals surface area contributed by atoms with Crippen LogP contribution in [0, 0.1) is 6.92 Å². The molecule has 0 bridgehead atoms. The molecule has 19 heavy (non-hydrogen) atoms. The third kappa shape index (κ3) is 2.85. The van der Waals surface area contributed by atoms with Gasteiger partial charge in [0.05, 0.1) is 6.04 Å². The zero-order chi connectivity index (χ0) is 13.9. The van der Waals surface area contributed by atoms with E-state index in [2.05, 4.69) is 62.3 Å². The number of likely N-dealkylation sites (N-methyl/N-ethyl adjacent to an activating group) is 1. The van der Waals surface area contributed by atoms with Crippen LogP contribution in [0.5, 0.6) is 0 Å². The van der Waals surface area contributed by atoms with E-state index >= 15 is 0 Å². The highest BCUT2D eigenvalue weighted by atomic mass is 15.2. The first kappa shape index (κ1) is 14.5. The summed E-state index contributed by atoms with van der Waals surface area (Å²) in [4.78, 5) is 2.68. The Bertz CT molecular complexity index is 409.